The van der Waals surface area contributed by atoms with Crippen molar-refractivity contribution in [3.63, 3.8) is 0 Å². The SMILES string of the molecule is c1ccc2cc3cc(-c4ccc(-c5ccc6cc7ccccc7cc6c5)[nH]4)ccc3cc2c1. The molecule has 0 aliphatic rings. The van der Waals surface area contributed by atoms with E-state index in [0.29, 0.717) is 0 Å². The average molecular weight is 420 g/mol. The predicted octanol–water partition coefficient (Wildman–Crippen LogP) is 8.96. The van der Waals surface area contributed by atoms with Gasteiger partial charge < -0.3 is 4.98 Å². The van der Waals surface area contributed by atoms with Crippen molar-refractivity contribution in [3.8, 4) is 22.5 Å². The summed E-state index contributed by atoms with van der Waals surface area (Å²) in [5.74, 6) is 0. The van der Waals surface area contributed by atoms with Gasteiger partial charge in [-0.2, -0.15) is 0 Å². The number of aromatic nitrogens is 1. The van der Waals surface area contributed by atoms with Crippen LogP contribution < -0.4 is 0 Å². The van der Waals surface area contributed by atoms with Crippen molar-refractivity contribution >= 4 is 43.1 Å². The fourth-order valence-electron chi connectivity index (χ4n) is 4.95. The van der Waals surface area contributed by atoms with Crippen LogP contribution in [-0.4, -0.2) is 4.98 Å². The van der Waals surface area contributed by atoms with E-state index in [2.05, 4.69) is 126 Å². The summed E-state index contributed by atoms with van der Waals surface area (Å²) in [6.45, 7) is 0. The van der Waals surface area contributed by atoms with Gasteiger partial charge in [0, 0.05) is 11.4 Å². The van der Waals surface area contributed by atoms with Crippen molar-refractivity contribution in [2.45, 2.75) is 0 Å². The Kier molecular flexibility index (Phi) is 3.91. The van der Waals surface area contributed by atoms with E-state index in [9.17, 15) is 0 Å². The van der Waals surface area contributed by atoms with Crippen molar-refractivity contribution in [1.29, 1.82) is 0 Å². The van der Waals surface area contributed by atoms with Crippen LogP contribution in [0.3, 0.4) is 0 Å². The first kappa shape index (κ1) is 18.2. The molecule has 0 fully saturated rings. The van der Waals surface area contributed by atoms with E-state index >= 15 is 0 Å². The van der Waals surface area contributed by atoms with Crippen LogP contribution in [0, 0.1) is 0 Å². The second-order valence-corrected chi connectivity index (χ2v) is 8.81. The molecule has 0 bridgehead atoms. The minimum Gasteiger partial charge on any atom is -0.355 e. The van der Waals surface area contributed by atoms with Crippen LogP contribution >= 0.6 is 0 Å². The lowest BCUT2D eigenvalue weighted by Gasteiger charge is -2.06. The molecule has 1 aromatic heterocycles. The third-order valence-electron chi connectivity index (χ3n) is 6.72. The van der Waals surface area contributed by atoms with E-state index in [0.717, 1.165) is 11.4 Å². The lowest BCUT2D eigenvalue weighted by molar-refractivity contribution is 1.40. The van der Waals surface area contributed by atoms with Crippen molar-refractivity contribution in [1.82, 2.24) is 4.98 Å². The van der Waals surface area contributed by atoms with Crippen molar-refractivity contribution in [3.05, 3.63) is 121 Å². The lowest BCUT2D eigenvalue weighted by atomic mass is 10.0. The van der Waals surface area contributed by atoms with Gasteiger partial charge in [0.15, 0.2) is 0 Å². The second-order valence-electron chi connectivity index (χ2n) is 8.81. The number of H-pyrrole nitrogens is 1. The van der Waals surface area contributed by atoms with E-state index in [1.807, 2.05) is 0 Å². The molecule has 1 N–H and O–H groups in total. The zero-order chi connectivity index (χ0) is 21.8. The Morgan fingerprint density at radius 1 is 0.303 bits per heavy atom. The third-order valence-corrected chi connectivity index (χ3v) is 6.72. The summed E-state index contributed by atoms with van der Waals surface area (Å²) in [5.41, 5.74) is 4.68. The highest BCUT2D eigenvalue weighted by molar-refractivity contribution is 6.01. The summed E-state index contributed by atoms with van der Waals surface area (Å²) >= 11 is 0. The molecule has 0 amide bonds. The van der Waals surface area contributed by atoms with Gasteiger partial charge in [-0.25, -0.2) is 0 Å². The Balaban J connectivity index is 1.29. The quantitative estimate of drug-likeness (QED) is 0.269. The molecule has 0 radical (unpaired) electrons. The minimum absolute atomic E-state index is 1.14. The van der Waals surface area contributed by atoms with Crippen LogP contribution in [0.2, 0.25) is 0 Å². The maximum atomic E-state index is 3.65. The van der Waals surface area contributed by atoms with Crippen LogP contribution in [0.15, 0.2) is 121 Å². The standard InChI is InChI=1S/C32H21N/c1-3-7-23-17-29-19-27(11-9-25(29)15-21(23)5-1)31-13-14-32(33-31)28-12-10-26-16-22-6-2-4-8-24(22)18-30(26)20-28/h1-20,33H. The Morgan fingerprint density at radius 2 is 0.667 bits per heavy atom. The largest absolute Gasteiger partial charge is 0.355 e. The van der Waals surface area contributed by atoms with Gasteiger partial charge in [-0.15, -0.1) is 0 Å². The Labute approximate surface area is 191 Å². The highest BCUT2D eigenvalue weighted by Crippen LogP contribution is 2.31. The van der Waals surface area contributed by atoms with Crippen LogP contribution in [0.4, 0.5) is 0 Å². The lowest BCUT2D eigenvalue weighted by Crippen LogP contribution is -1.83. The fourth-order valence-corrected chi connectivity index (χ4v) is 4.95. The average Bonchev–Trinajstić information content (AvgIpc) is 3.36. The van der Waals surface area contributed by atoms with Gasteiger partial charge in [0.05, 0.1) is 0 Å². The van der Waals surface area contributed by atoms with Gasteiger partial charge >= 0.3 is 0 Å². The molecule has 1 heteroatoms. The van der Waals surface area contributed by atoms with Crippen LogP contribution in [-0.2, 0) is 0 Å². The molecule has 0 unspecified atom stereocenters. The van der Waals surface area contributed by atoms with Gasteiger partial charge in [-0.3, -0.25) is 0 Å². The van der Waals surface area contributed by atoms with E-state index in [1.54, 1.807) is 0 Å². The van der Waals surface area contributed by atoms with E-state index in [-0.39, 0.29) is 0 Å². The highest BCUT2D eigenvalue weighted by atomic mass is 14.7. The highest BCUT2D eigenvalue weighted by Gasteiger charge is 2.07. The molecule has 7 rings (SSSR count). The predicted molar refractivity (Wildman–Crippen MR) is 142 cm³/mol. The summed E-state index contributed by atoms with van der Waals surface area (Å²) in [4.78, 5) is 3.65. The van der Waals surface area contributed by atoms with Crippen LogP contribution in [0.25, 0.3) is 65.6 Å². The Hall–Kier alpha value is -4.36. The van der Waals surface area contributed by atoms with E-state index < -0.39 is 0 Å². The molecule has 0 aliphatic heterocycles. The zero-order valence-corrected chi connectivity index (χ0v) is 18.0. The number of hydrogen-bond donors (Lipinski definition) is 1. The molecule has 0 saturated carbocycles. The number of nitrogens with one attached hydrogen (secondary N) is 1. The topological polar surface area (TPSA) is 15.8 Å². The van der Waals surface area contributed by atoms with Gasteiger partial charge in [-0.1, -0.05) is 72.8 Å². The molecular weight excluding hydrogens is 398 g/mol. The molecular formula is C32H21N. The first-order chi connectivity index (χ1) is 16.3. The summed E-state index contributed by atoms with van der Waals surface area (Å²) in [6, 6.07) is 44.0. The van der Waals surface area contributed by atoms with Gasteiger partial charge in [0.25, 0.3) is 0 Å². The van der Waals surface area contributed by atoms with Crippen LogP contribution in [0.5, 0.6) is 0 Å². The summed E-state index contributed by atoms with van der Waals surface area (Å²) in [5, 5.41) is 10.2. The molecule has 0 spiro atoms. The van der Waals surface area contributed by atoms with Crippen molar-refractivity contribution in [2.24, 2.45) is 0 Å². The molecule has 33 heavy (non-hydrogen) atoms. The fraction of sp³-hybridized carbons (Fsp3) is 0. The summed E-state index contributed by atoms with van der Waals surface area (Å²) < 4.78 is 0. The smallest absolute Gasteiger partial charge is 0.0458 e. The van der Waals surface area contributed by atoms with Crippen molar-refractivity contribution in [2.75, 3.05) is 0 Å². The monoisotopic (exact) mass is 419 g/mol. The van der Waals surface area contributed by atoms with Gasteiger partial charge in [0.1, 0.15) is 0 Å². The normalized spacial score (nSPS) is 11.6. The Morgan fingerprint density at radius 3 is 1.09 bits per heavy atom. The molecule has 1 nitrogen and oxygen atoms in total. The van der Waals surface area contributed by atoms with Gasteiger partial charge in [0.2, 0.25) is 0 Å². The zero-order valence-electron chi connectivity index (χ0n) is 18.0. The van der Waals surface area contributed by atoms with E-state index in [1.165, 1.54) is 54.2 Å². The number of aromatic amines is 1. The van der Waals surface area contributed by atoms with Crippen LogP contribution in [0.1, 0.15) is 0 Å². The molecule has 1 heterocycles. The molecule has 0 aliphatic carbocycles. The third kappa shape index (κ3) is 3.09. The van der Waals surface area contributed by atoms with Crippen molar-refractivity contribution < 1.29 is 0 Å². The summed E-state index contributed by atoms with van der Waals surface area (Å²) in [6.07, 6.45) is 0. The number of hydrogen-bond acceptors (Lipinski definition) is 0. The Bertz CT molecular complexity index is 1690. The number of rotatable bonds is 2. The maximum absolute atomic E-state index is 3.65. The second kappa shape index (κ2) is 7.08. The molecule has 7 aromatic rings. The number of benzene rings is 6. The van der Waals surface area contributed by atoms with E-state index in [4.69, 9.17) is 0 Å². The molecule has 154 valence electrons. The summed E-state index contributed by atoms with van der Waals surface area (Å²) in [7, 11) is 0. The maximum Gasteiger partial charge on any atom is 0.0458 e. The van der Waals surface area contributed by atoms with Gasteiger partial charge in [-0.05, 0) is 103 Å². The first-order valence-electron chi connectivity index (χ1n) is 11.4. The molecule has 6 aromatic carbocycles. The molecule has 0 atom stereocenters. The minimum atomic E-state index is 1.14. The first-order valence-corrected chi connectivity index (χ1v) is 11.4. The molecule has 0 saturated heterocycles. The number of fused-ring (bicyclic) bond motifs is 4.